The number of halogens is 1. The van der Waals surface area contributed by atoms with Gasteiger partial charge < -0.3 is 16.0 Å². The van der Waals surface area contributed by atoms with Gasteiger partial charge in [-0.05, 0) is 63.5 Å². The molecule has 1 fully saturated rings. The number of amides is 2. The van der Waals surface area contributed by atoms with Crippen molar-refractivity contribution in [2.45, 2.75) is 51.5 Å². The highest BCUT2D eigenvalue weighted by atomic mass is 35.5. The molecule has 0 heterocycles. The molecule has 0 unspecified atom stereocenters. The first kappa shape index (κ1) is 20.5. The summed E-state index contributed by atoms with van der Waals surface area (Å²) in [5.74, 6) is -0.0154. The summed E-state index contributed by atoms with van der Waals surface area (Å²) in [5.41, 5.74) is 2.34. The Morgan fingerprint density at radius 3 is 2.54 bits per heavy atom. The summed E-state index contributed by atoms with van der Waals surface area (Å²) in [6.07, 6.45) is 5.84. The third kappa shape index (κ3) is 6.13. The van der Waals surface area contributed by atoms with Crippen LogP contribution in [0.5, 0.6) is 0 Å². The van der Waals surface area contributed by atoms with Gasteiger partial charge >= 0.3 is 0 Å². The van der Waals surface area contributed by atoms with Crippen molar-refractivity contribution < 1.29 is 9.59 Å². The lowest BCUT2D eigenvalue weighted by Gasteiger charge is -2.14. The number of carbonyl (C=O) groups excluding carboxylic acids is 2. The Hall–Kier alpha value is -1.59. The number of hydrogen-bond acceptors (Lipinski definition) is 3. The molecule has 0 saturated heterocycles. The summed E-state index contributed by atoms with van der Waals surface area (Å²) >= 11 is 0. The van der Waals surface area contributed by atoms with Gasteiger partial charge in [0.25, 0.3) is 5.91 Å². The standard InChI is InChI=1S/C18H27N3O2.ClH/c1-13-12-14(18(23)20-15-6-3-4-7-15)9-10-16(13)21-17(22)8-5-11-19-2;/h9-10,12,15,19H,3-8,11H2,1-2H3,(H,20,23)(H,21,22);1H. The van der Waals surface area contributed by atoms with Crippen LogP contribution in [0.3, 0.4) is 0 Å². The van der Waals surface area contributed by atoms with Crippen LogP contribution in [0.4, 0.5) is 5.69 Å². The molecule has 6 heteroatoms. The molecule has 0 aliphatic heterocycles. The Morgan fingerprint density at radius 1 is 1.21 bits per heavy atom. The Kier molecular flexibility index (Phi) is 8.79. The molecular formula is C18H28ClN3O2. The van der Waals surface area contributed by atoms with Crippen LogP contribution in [-0.2, 0) is 4.79 Å². The maximum Gasteiger partial charge on any atom is 0.251 e. The van der Waals surface area contributed by atoms with Crippen molar-refractivity contribution in [3.8, 4) is 0 Å². The van der Waals surface area contributed by atoms with Crippen molar-refractivity contribution in [2.24, 2.45) is 0 Å². The molecular weight excluding hydrogens is 326 g/mol. The van der Waals surface area contributed by atoms with Gasteiger partial charge in [0.15, 0.2) is 0 Å². The molecule has 1 aliphatic rings. The minimum absolute atomic E-state index is 0. The number of benzene rings is 1. The molecule has 2 rings (SSSR count). The average Bonchev–Trinajstić information content (AvgIpc) is 3.02. The lowest BCUT2D eigenvalue weighted by molar-refractivity contribution is -0.116. The Balaban J connectivity index is 0.00000288. The van der Waals surface area contributed by atoms with Gasteiger partial charge in [-0.25, -0.2) is 0 Å². The van der Waals surface area contributed by atoms with Crippen LogP contribution in [0.2, 0.25) is 0 Å². The summed E-state index contributed by atoms with van der Waals surface area (Å²) in [4.78, 5) is 24.1. The van der Waals surface area contributed by atoms with E-state index >= 15 is 0 Å². The smallest absolute Gasteiger partial charge is 0.251 e. The predicted molar refractivity (Wildman–Crippen MR) is 99.9 cm³/mol. The summed E-state index contributed by atoms with van der Waals surface area (Å²) in [7, 11) is 1.87. The number of carbonyl (C=O) groups is 2. The van der Waals surface area contributed by atoms with E-state index in [0.29, 0.717) is 18.0 Å². The fraction of sp³-hybridized carbons (Fsp3) is 0.556. The van der Waals surface area contributed by atoms with E-state index in [4.69, 9.17) is 0 Å². The third-order valence-corrected chi connectivity index (χ3v) is 4.28. The monoisotopic (exact) mass is 353 g/mol. The maximum absolute atomic E-state index is 12.3. The van der Waals surface area contributed by atoms with E-state index in [2.05, 4.69) is 16.0 Å². The van der Waals surface area contributed by atoms with Crippen LogP contribution in [0.1, 0.15) is 54.4 Å². The molecule has 2 amide bonds. The van der Waals surface area contributed by atoms with Gasteiger partial charge in [-0.15, -0.1) is 12.4 Å². The van der Waals surface area contributed by atoms with E-state index in [-0.39, 0.29) is 24.2 Å². The molecule has 1 aromatic carbocycles. The lowest BCUT2D eigenvalue weighted by Crippen LogP contribution is -2.32. The zero-order valence-corrected chi connectivity index (χ0v) is 15.3. The summed E-state index contributed by atoms with van der Waals surface area (Å²) in [6.45, 7) is 2.74. The second kappa shape index (κ2) is 10.3. The van der Waals surface area contributed by atoms with E-state index in [0.717, 1.165) is 37.1 Å². The van der Waals surface area contributed by atoms with Crippen LogP contribution >= 0.6 is 12.4 Å². The van der Waals surface area contributed by atoms with Crippen molar-refractivity contribution in [1.29, 1.82) is 0 Å². The van der Waals surface area contributed by atoms with Gasteiger partial charge in [0.05, 0.1) is 0 Å². The number of hydrogen-bond donors (Lipinski definition) is 3. The van der Waals surface area contributed by atoms with Gasteiger partial charge in [-0.3, -0.25) is 9.59 Å². The second-order valence-electron chi connectivity index (χ2n) is 6.24. The zero-order chi connectivity index (χ0) is 16.7. The van der Waals surface area contributed by atoms with E-state index < -0.39 is 0 Å². The fourth-order valence-electron chi connectivity index (χ4n) is 2.92. The molecule has 134 valence electrons. The van der Waals surface area contributed by atoms with Crippen LogP contribution < -0.4 is 16.0 Å². The van der Waals surface area contributed by atoms with Gasteiger partial charge in [0.2, 0.25) is 5.91 Å². The van der Waals surface area contributed by atoms with Crippen LogP contribution in [0.25, 0.3) is 0 Å². The number of aryl methyl sites for hydroxylation is 1. The van der Waals surface area contributed by atoms with Gasteiger partial charge in [0, 0.05) is 23.7 Å². The Labute approximate surface area is 150 Å². The first-order chi connectivity index (χ1) is 11.1. The summed E-state index contributed by atoms with van der Waals surface area (Å²) < 4.78 is 0. The molecule has 3 N–H and O–H groups in total. The van der Waals surface area contributed by atoms with Crippen molar-refractivity contribution in [3.05, 3.63) is 29.3 Å². The molecule has 0 bridgehead atoms. The number of nitrogens with one attached hydrogen (secondary N) is 3. The van der Waals surface area contributed by atoms with E-state index in [1.807, 2.05) is 26.1 Å². The first-order valence-electron chi connectivity index (χ1n) is 8.46. The molecule has 1 aromatic rings. The van der Waals surface area contributed by atoms with Gasteiger partial charge in [-0.2, -0.15) is 0 Å². The van der Waals surface area contributed by atoms with Gasteiger partial charge in [-0.1, -0.05) is 12.8 Å². The molecule has 24 heavy (non-hydrogen) atoms. The topological polar surface area (TPSA) is 70.2 Å². The lowest BCUT2D eigenvalue weighted by atomic mass is 10.1. The SMILES string of the molecule is CNCCCC(=O)Nc1ccc(C(=O)NC2CCCC2)cc1C.Cl. The minimum atomic E-state index is -0.0214. The fourth-order valence-corrected chi connectivity index (χ4v) is 2.92. The minimum Gasteiger partial charge on any atom is -0.349 e. The van der Waals surface area contributed by atoms with Crippen LogP contribution in [0, 0.1) is 6.92 Å². The van der Waals surface area contributed by atoms with Gasteiger partial charge in [0.1, 0.15) is 0 Å². The number of rotatable bonds is 7. The Morgan fingerprint density at radius 2 is 1.92 bits per heavy atom. The number of anilines is 1. The largest absolute Gasteiger partial charge is 0.349 e. The van der Waals surface area contributed by atoms with E-state index in [9.17, 15) is 9.59 Å². The first-order valence-corrected chi connectivity index (χ1v) is 8.46. The molecule has 0 atom stereocenters. The average molecular weight is 354 g/mol. The van der Waals surface area contributed by atoms with Crippen molar-refractivity contribution in [1.82, 2.24) is 10.6 Å². The molecule has 1 aliphatic carbocycles. The highest BCUT2D eigenvalue weighted by molar-refractivity contribution is 5.96. The maximum atomic E-state index is 12.3. The normalized spacial score (nSPS) is 14.1. The van der Waals surface area contributed by atoms with Crippen LogP contribution in [-0.4, -0.2) is 31.4 Å². The van der Waals surface area contributed by atoms with Crippen molar-refractivity contribution in [3.63, 3.8) is 0 Å². The highest BCUT2D eigenvalue weighted by Crippen LogP contribution is 2.20. The van der Waals surface area contributed by atoms with Crippen molar-refractivity contribution >= 4 is 29.9 Å². The molecule has 5 nitrogen and oxygen atoms in total. The second-order valence-corrected chi connectivity index (χ2v) is 6.24. The van der Waals surface area contributed by atoms with Crippen molar-refractivity contribution in [2.75, 3.05) is 18.9 Å². The van der Waals surface area contributed by atoms with E-state index in [1.54, 1.807) is 6.07 Å². The summed E-state index contributed by atoms with van der Waals surface area (Å²) in [6, 6.07) is 5.75. The molecule has 0 spiro atoms. The van der Waals surface area contributed by atoms with E-state index in [1.165, 1.54) is 12.8 Å². The van der Waals surface area contributed by atoms with Crippen LogP contribution in [0.15, 0.2) is 18.2 Å². The Bertz CT molecular complexity index is 557. The predicted octanol–water partition coefficient (Wildman–Crippen LogP) is 3.03. The highest BCUT2D eigenvalue weighted by Gasteiger charge is 2.18. The molecule has 0 radical (unpaired) electrons. The zero-order valence-electron chi connectivity index (χ0n) is 14.5. The quantitative estimate of drug-likeness (QED) is 0.660. The third-order valence-electron chi connectivity index (χ3n) is 4.28. The summed E-state index contributed by atoms with van der Waals surface area (Å²) in [5, 5.41) is 9.02. The molecule has 0 aromatic heterocycles. The molecule has 1 saturated carbocycles.